The Bertz CT molecular complexity index is 1020. The summed E-state index contributed by atoms with van der Waals surface area (Å²) in [5, 5.41) is 10.5. The number of hydrogen-bond donors (Lipinski definition) is 2. The number of esters is 1. The number of rotatable bonds is 5. The van der Waals surface area contributed by atoms with Crippen molar-refractivity contribution >= 4 is 29.0 Å². The lowest BCUT2D eigenvalue weighted by Gasteiger charge is -2.12. The first-order valence-electron chi connectivity index (χ1n) is 8.59. The molecule has 8 heteroatoms. The van der Waals surface area contributed by atoms with Crippen molar-refractivity contribution in [2.45, 2.75) is 20.4 Å². The van der Waals surface area contributed by atoms with Gasteiger partial charge >= 0.3 is 5.97 Å². The Hall–Kier alpha value is -3.26. The molecule has 0 aliphatic heterocycles. The molecule has 0 saturated heterocycles. The third-order valence-corrected chi connectivity index (χ3v) is 4.30. The molecule has 0 unspecified atom stereocenters. The number of thiocarbonyl (C=S) groups is 1. The van der Waals surface area contributed by atoms with Crippen LogP contribution in [0.3, 0.4) is 0 Å². The van der Waals surface area contributed by atoms with Crippen LogP contribution in [0.25, 0.3) is 11.4 Å². The van der Waals surface area contributed by atoms with E-state index in [2.05, 4.69) is 20.8 Å². The van der Waals surface area contributed by atoms with Crippen molar-refractivity contribution in [3.8, 4) is 11.4 Å². The van der Waals surface area contributed by atoms with E-state index in [1.807, 2.05) is 44.2 Å². The van der Waals surface area contributed by atoms with E-state index in [9.17, 15) is 4.79 Å². The fourth-order valence-electron chi connectivity index (χ4n) is 2.55. The fraction of sp³-hybridized carbons (Fsp3) is 0.200. The van der Waals surface area contributed by atoms with Crippen molar-refractivity contribution in [3.63, 3.8) is 0 Å². The molecular formula is C20H20N4O3S. The third kappa shape index (κ3) is 4.72. The minimum Gasteiger partial charge on any atom is -0.465 e. The van der Waals surface area contributed by atoms with E-state index in [0.29, 0.717) is 28.1 Å². The van der Waals surface area contributed by atoms with Gasteiger partial charge < -0.3 is 19.9 Å². The molecule has 0 bridgehead atoms. The Kier molecular flexibility index (Phi) is 6.00. The van der Waals surface area contributed by atoms with Gasteiger partial charge in [0.25, 0.3) is 0 Å². The molecule has 144 valence electrons. The molecule has 0 atom stereocenters. The Morgan fingerprint density at radius 3 is 2.79 bits per heavy atom. The Morgan fingerprint density at radius 1 is 1.21 bits per heavy atom. The second kappa shape index (κ2) is 8.62. The number of anilines is 1. The van der Waals surface area contributed by atoms with E-state index < -0.39 is 5.97 Å². The number of hydrogen-bond acceptors (Lipinski definition) is 6. The molecule has 3 aromatic rings. The van der Waals surface area contributed by atoms with Gasteiger partial charge in [-0.3, -0.25) is 0 Å². The highest BCUT2D eigenvalue weighted by Gasteiger charge is 2.11. The third-order valence-electron chi connectivity index (χ3n) is 4.05. The van der Waals surface area contributed by atoms with E-state index in [-0.39, 0.29) is 6.54 Å². The second-order valence-electron chi connectivity index (χ2n) is 6.21. The molecule has 7 nitrogen and oxygen atoms in total. The van der Waals surface area contributed by atoms with Crippen molar-refractivity contribution in [2.24, 2.45) is 0 Å². The smallest absolute Gasteiger partial charge is 0.337 e. The van der Waals surface area contributed by atoms with Gasteiger partial charge in [0.05, 0.1) is 19.2 Å². The van der Waals surface area contributed by atoms with Gasteiger partial charge in [-0.15, -0.1) is 0 Å². The van der Waals surface area contributed by atoms with Crippen LogP contribution in [0.1, 0.15) is 27.4 Å². The first-order chi connectivity index (χ1) is 13.5. The molecule has 0 amide bonds. The number of nitrogens with zero attached hydrogens (tertiary/aromatic N) is 2. The Labute approximate surface area is 168 Å². The van der Waals surface area contributed by atoms with E-state index >= 15 is 0 Å². The molecule has 0 radical (unpaired) electrons. The lowest BCUT2D eigenvalue weighted by Crippen LogP contribution is -2.28. The van der Waals surface area contributed by atoms with Crippen molar-refractivity contribution in [3.05, 3.63) is 65.0 Å². The first-order valence-corrected chi connectivity index (χ1v) is 9.00. The summed E-state index contributed by atoms with van der Waals surface area (Å²) in [6.45, 7) is 4.20. The lowest BCUT2D eigenvalue weighted by atomic mass is 10.1. The average Bonchev–Trinajstić information content (AvgIpc) is 3.16. The molecule has 0 saturated carbocycles. The largest absolute Gasteiger partial charge is 0.465 e. The Morgan fingerprint density at radius 2 is 2.04 bits per heavy atom. The number of benzene rings is 2. The molecule has 3 rings (SSSR count). The normalized spacial score (nSPS) is 10.4. The van der Waals surface area contributed by atoms with Crippen LogP contribution in [0.15, 0.2) is 47.0 Å². The quantitative estimate of drug-likeness (QED) is 0.499. The summed E-state index contributed by atoms with van der Waals surface area (Å²) < 4.78 is 10.0. The Balaban J connectivity index is 1.62. The van der Waals surface area contributed by atoms with Gasteiger partial charge in [0.15, 0.2) is 5.11 Å². The van der Waals surface area contributed by atoms with Crippen LogP contribution in [0.5, 0.6) is 0 Å². The maximum atomic E-state index is 11.7. The maximum Gasteiger partial charge on any atom is 0.337 e. The summed E-state index contributed by atoms with van der Waals surface area (Å²) in [4.78, 5) is 16.1. The maximum absolute atomic E-state index is 11.7. The molecule has 1 aromatic heterocycles. The number of aromatic nitrogens is 2. The van der Waals surface area contributed by atoms with E-state index in [4.69, 9.17) is 21.5 Å². The monoisotopic (exact) mass is 396 g/mol. The molecular weight excluding hydrogens is 376 g/mol. The van der Waals surface area contributed by atoms with Crippen LogP contribution >= 0.6 is 12.2 Å². The van der Waals surface area contributed by atoms with Crippen molar-refractivity contribution in [2.75, 3.05) is 12.4 Å². The molecule has 0 spiro atoms. The average molecular weight is 396 g/mol. The zero-order valence-corrected chi connectivity index (χ0v) is 16.6. The number of methoxy groups -OCH3 is 1. The molecule has 0 fully saturated rings. The van der Waals surface area contributed by atoms with Crippen molar-refractivity contribution < 1.29 is 14.1 Å². The highest BCUT2D eigenvalue weighted by Crippen LogP contribution is 2.18. The van der Waals surface area contributed by atoms with Gasteiger partial charge in [-0.2, -0.15) is 4.98 Å². The summed E-state index contributed by atoms with van der Waals surface area (Å²) in [5.41, 5.74) is 4.11. The van der Waals surface area contributed by atoms with Gasteiger partial charge in [0.1, 0.15) is 0 Å². The fourth-order valence-corrected chi connectivity index (χ4v) is 2.73. The predicted molar refractivity (Wildman–Crippen MR) is 110 cm³/mol. The number of nitrogens with one attached hydrogen (secondary N) is 2. The van der Waals surface area contributed by atoms with Crippen molar-refractivity contribution in [1.82, 2.24) is 15.5 Å². The van der Waals surface area contributed by atoms with Crippen LogP contribution < -0.4 is 10.6 Å². The van der Waals surface area contributed by atoms with Gasteiger partial charge in [0.2, 0.25) is 11.7 Å². The van der Waals surface area contributed by atoms with Gasteiger partial charge in [-0.25, -0.2) is 4.79 Å². The molecule has 0 aliphatic carbocycles. The minimum atomic E-state index is -0.406. The van der Waals surface area contributed by atoms with Gasteiger partial charge in [0, 0.05) is 11.3 Å². The first kappa shape index (κ1) is 19.5. The summed E-state index contributed by atoms with van der Waals surface area (Å²) >= 11 is 5.32. The summed E-state index contributed by atoms with van der Waals surface area (Å²) in [5.74, 6) is 0.540. The SMILES string of the molecule is COC(=O)c1ccc(C)c(NC(=S)NCc2nc(-c3cccc(C)c3)no2)c1. The summed E-state index contributed by atoms with van der Waals surface area (Å²) in [6, 6.07) is 13.1. The standard InChI is InChI=1S/C20H20N4O3S/c1-12-5-4-6-14(9-12)18-23-17(27-24-18)11-21-20(28)22-16-10-15(19(25)26-3)8-7-13(16)2/h4-10H,11H2,1-3H3,(H2,21,22,28). The zero-order valence-electron chi connectivity index (χ0n) is 15.8. The van der Waals surface area contributed by atoms with Crippen molar-refractivity contribution in [1.29, 1.82) is 0 Å². The number of carbonyl (C=O) groups is 1. The zero-order chi connectivity index (χ0) is 20.1. The highest BCUT2D eigenvalue weighted by atomic mass is 32.1. The van der Waals surface area contributed by atoms with E-state index in [1.54, 1.807) is 12.1 Å². The minimum absolute atomic E-state index is 0.278. The van der Waals surface area contributed by atoms with E-state index in [0.717, 1.165) is 16.7 Å². The molecule has 1 heterocycles. The predicted octanol–water partition coefficient (Wildman–Crippen LogP) is 3.63. The van der Waals surface area contributed by atoms with Crippen LogP contribution in [-0.4, -0.2) is 28.3 Å². The number of ether oxygens (including phenoxy) is 1. The van der Waals surface area contributed by atoms with Crippen LogP contribution in [0.2, 0.25) is 0 Å². The second-order valence-corrected chi connectivity index (χ2v) is 6.62. The van der Waals surface area contributed by atoms with Gasteiger partial charge in [-0.05, 0) is 49.8 Å². The summed E-state index contributed by atoms with van der Waals surface area (Å²) in [7, 11) is 1.34. The number of aryl methyl sites for hydroxylation is 2. The lowest BCUT2D eigenvalue weighted by molar-refractivity contribution is 0.0601. The summed E-state index contributed by atoms with van der Waals surface area (Å²) in [6.07, 6.45) is 0. The number of carbonyl (C=O) groups excluding carboxylic acids is 1. The molecule has 28 heavy (non-hydrogen) atoms. The van der Waals surface area contributed by atoms with Gasteiger partial charge in [-0.1, -0.05) is 35.0 Å². The molecule has 2 N–H and O–H groups in total. The molecule has 2 aromatic carbocycles. The van der Waals surface area contributed by atoms with Crippen LogP contribution in [-0.2, 0) is 11.3 Å². The van der Waals surface area contributed by atoms with Crippen LogP contribution in [0, 0.1) is 13.8 Å². The molecule has 0 aliphatic rings. The van der Waals surface area contributed by atoms with Crippen LogP contribution in [0.4, 0.5) is 5.69 Å². The van der Waals surface area contributed by atoms with E-state index in [1.165, 1.54) is 7.11 Å². The topological polar surface area (TPSA) is 89.3 Å². The highest BCUT2D eigenvalue weighted by molar-refractivity contribution is 7.80.